The van der Waals surface area contributed by atoms with E-state index >= 15 is 0 Å². The second kappa shape index (κ2) is 7.91. The van der Waals surface area contributed by atoms with Gasteiger partial charge in [-0.3, -0.25) is 9.69 Å². The predicted octanol–water partition coefficient (Wildman–Crippen LogP) is 0.516. The molecule has 2 saturated heterocycles. The van der Waals surface area contributed by atoms with Gasteiger partial charge in [-0.05, 0) is 25.2 Å². The molecule has 2 rings (SSSR count). The lowest BCUT2D eigenvalue weighted by Crippen LogP contribution is -2.50. The minimum atomic E-state index is -0.931. The summed E-state index contributed by atoms with van der Waals surface area (Å²) in [5.74, 6) is 0.256. The molecule has 124 valence electrons. The molecule has 0 aromatic rings. The predicted molar refractivity (Wildman–Crippen MR) is 82.0 cm³/mol. The highest BCUT2D eigenvalue weighted by molar-refractivity contribution is 5.85. The van der Waals surface area contributed by atoms with Gasteiger partial charge in [-0.25, -0.2) is 0 Å². The molecule has 6 heteroatoms. The Morgan fingerprint density at radius 3 is 2.77 bits per heavy atom. The van der Waals surface area contributed by atoms with E-state index in [2.05, 4.69) is 23.2 Å². The largest absolute Gasteiger partial charge is 0.395 e. The first-order valence-corrected chi connectivity index (χ1v) is 8.28. The number of ether oxygens (including phenoxy) is 1. The standard InChI is InChI=1S/C16H27N3O3/c1-2-3-13-10-19(6-7-20)11-14(13)18-15(21)16(12-17)4-8-22-9-5-16/h13-14,20H,2-11H2,1H3,(H,18,21). The summed E-state index contributed by atoms with van der Waals surface area (Å²) in [7, 11) is 0. The number of hydrogen-bond acceptors (Lipinski definition) is 5. The number of rotatable bonds is 6. The van der Waals surface area contributed by atoms with Crippen molar-refractivity contribution in [2.75, 3.05) is 39.5 Å². The van der Waals surface area contributed by atoms with Gasteiger partial charge in [0.25, 0.3) is 0 Å². The molecule has 2 heterocycles. The molecular formula is C16H27N3O3. The van der Waals surface area contributed by atoms with Gasteiger partial charge in [0.2, 0.25) is 5.91 Å². The number of nitrogens with zero attached hydrogens (tertiary/aromatic N) is 2. The van der Waals surface area contributed by atoms with E-state index in [0.717, 1.165) is 25.9 Å². The average Bonchev–Trinajstić information content (AvgIpc) is 2.90. The van der Waals surface area contributed by atoms with Crippen LogP contribution in [0.3, 0.4) is 0 Å². The molecule has 1 amide bonds. The first kappa shape index (κ1) is 17.2. The summed E-state index contributed by atoms with van der Waals surface area (Å²) in [5, 5.41) is 21.7. The summed E-state index contributed by atoms with van der Waals surface area (Å²) in [6, 6.07) is 2.30. The zero-order valence-electron chi connectivity index (χ0n) is 13.4. The molecule has 0 aromatic carbocycles. The molecule has 2 aliphatic rings. The number of carbonyl (C=O) groups is 1. The lowest BCUT2D eigenvalue weighted by atomic mass is 9.80. The van der Waals surface area contributed by atoms with Gasteiger partial charge in [0.15, 0.2) is 0 Å². The number of likely N-dealkylation sites (tertiary alicyclic amines) is 1. The van der Waals surface area contributed by atoms with Crippen molar-refractivity contribution in [1.29, 1.82) is 5.26 Å². The van der Waals surface area contributed by atoms with Gasteiger partial charge in [-0.1, -0.05) is 13.3 Å². The third-order valence-corrected chi connectivity index (χ3v) is 4.90. The van der Waals surface area contributed by atoms with Gasteiger partial charge in [0.1, 0.15) is 5.41 Å². The SMILES string of the molecule is CCCC1CN(CCO)CC1NC(=O)C1(C#N)CCOCC1. The molecule has 2 aliphatic heterocycles. The fraction of sp³-hybridized carbons (Fsp3) is 0.875. The first-order chi connectivity index (χ1) is 10.6. The van der Waals surface area contributed by atoms with E-state index in [1.807, 2.05) is 0 Å². The van der Waals surface area contributed by atoms with Crippen molar-refractivity contribution in [2.24, 2.45) is 11.3 Å². The molecule has 2 fully saturated rings. The topological polar surface area (TPSA) is 85.6 Å². The van der Waals surface area contributed by atoms with Crippen LogP contribution in [0.4, 0.5) is 0 Å². The summed E-state index contributed by atoms with van der Waals surface area (Å²) in [6.45, 7) is 5.53. The van der Waals surface area contributed by atoms with Crippen molar-refractivity contribution in [2.45, 2.75) is 38.6 Å². The van der Waals surface area contributed by atoms with E-state index < -0.39 is 5.41 Å². The second-order valence-corrected chi connectivity index (χ2v) is 6.42. The number of aliphatic hydroxyl groups is 1. The van der Waals surface area contributed by atoms with Crippen LogP contribution < -0.4 is 5.32 Å². The van der Waals surface area contributed by atoms with E-state index in [0.29, 0.717) is 38.5 Å². The molecule has 2 unspecified atom stereocenters. The molecule has 0 aromatic heterocycles. The van der Waals surface area contributed by atoms with Gasteiger partial charge in [-0.2, -0.15) is 5.26 Å². The first-order valence-electron chi connectivity index (χ1n) is 8.28. The van der Waals surface area contributed by atoms with Crippen molar-refractivity contribution >= 4 is 5.91 Å². The van der Waals surface area contributed by atoms with Crippen molar-refractivity contribution in [3.8, 4) is 6.07 Å². The minimum absolute atomic E-state index is 0.0760. The smallest absolute Gasteiger partial charge is 0.240 e. The lowest BCUT2D eigenvalue weighted by Gasteiger charge is -2.31. The quantitative estimate of drug-likeness (QED) is 0.747. The Kier molecular flexibility index (Phi) is 6.18. The molecule has 6 nitrogen and oxygen atoms in total. The molecule has 2 N–H and O–H groups in total. The van der Waals surface area contributed by atoms with E-state index in [-0.39, 0.29) is 18.6 Å². The Balaban J connectivity index is 2.00. The molecule has 2 atom stereocenters. The van der Waals surface area contributed by atoms with Gasteiger partial charge in [-0.15, -0.1) is 0 Å². The maximum Gasteiger partial charge on any atom is 0.240 e. The third kappa shape index (κ3) is 3.78. The Bertz CT molecular complexity index is 415. The zero-order valence-corrected chi connectivity index (χ0v) is 13.4. The summed E-state index contributed by atoms with van der Waals surface area (Å²) >= 11 is 0. The van der Waals surface area contributed by atoms with Crippen molar-refractivity contribution < 1.29 is 14.6 Å². The average molecular weight is 309 g/mol. The molecule has 0 aliphatic carbocycles. The fourth-order valence-corrected chi connectivity index (χ4v) is 3.53. The summed E-state index contributed by atoms with van der Waals surface area (Å²) < 4.78 is 5.29. The number of hydrogen-bond donors (Lipinski definition) is 2. The number of nitriles is 1. The van der Waals surface area contributed by atoms with Gasteiger partial charge >= 0.3 is 0 Å². The third-order valence-electron chi connectivity index (χ3n) is 4.90. The minimum Gasteiger partial charge on any atom is -0.395 e. The molecule has 22 heavy (non-hydrogen) atoms. The zero-order chi connectivity index (χ0) is 16.0. The van der Waals surface area contributed by atoms with Crippen molar-refractivity contribution in [3.05, 3.63) is 0 Å². The number of aliphatic hydroxyl groups excluding tert-OH is 1. The van der Waals surface area contributed by atoms with Crippen LogP contribution in [0.15, 0.2) is 0 Å². The van der Waals surface area contributed by atoms with Gasteiger partial charge in [0, 0.05) is 38.9 Å². The maximum atomic E-state index is 12.7. The lowest BCUT2D eigenvalue weighted by molar-refractivity contribution is -0.133. The number of carbonyl (C=O) groups excluding carboxylic acids is 1. The van der Waals surface area contributed by atoms with Crippen LogP contribution in [0.5, 0.6) is 0 Å². The van der Waals surface area contributed by atoms with Crippen LogP contribution in [0, 0.1) is 22.7 Å². The van der Waals surface area contributed by atoms with Crippen LogP contribution in [0.25, 0.3) is 0 Å². The summed E-state index contributed by atoms with van der Waals surface area (Å²) in [4.78, 5) is 14.9. The van der Waals surface area contributed by atoms with Crippen LogP contribution >= 0.6 is 0 Å². The highest BCUT2D eigenvalue weighted by atomic mass is 16.5. The Hall–Kier alpha value is -1.16. The second-order valence-electron chi connectivity index (χ2n) is 6.42. The molecular weight excluding hydrogens is 282 g/mol. The normalized spacial score (nSPS) is 28.2. The van der Waals surface area contributed by atoms with E-state index in [1.54, 1.807) is 0 Å². The van der Waals surface area contributed by atoms with Crippen molar-refractivity contribution in [1.82, 2.24) is 10.2 Å². The fourth-order valence-electron chi connectivity index (χ4n) is 3.53. The Morgan fingerprint density at radius 1 is 1.45 bits per heavy atom. The van der Waals surface area contributed by atoms with Crippen molar-refractivity contribution in [3.63, 3.8) is 0 Å². The Morgan fingerprint density at radius 2 is 2.18 bits per heavy atom. The van der Waals surface area contributed by atoms with E-state index in [4.69, 9.17) is 9.84 Å². The van der Waals surface area contributed by atoms with Gasteiger partial charge < -0.3 is 15.2 Å². The maximum absolute atomic E-state index is 12.7. The van der Waals surface area contributed by atoms with Gasteiger partial charge in [0.05, 0.1) is 12.7 Å². The number of amides is 1. The summed E-state index contributed by atoms with van der Waals surface area (Å²) in [6.07, 6.45) is 3.07. The summed E-state index contributed by atoms with van der Waals surface area (Å²) in [5.41, 5.74) is -0.931. The number of nitrogens with one attached hydrogen (secondary N) is 1. The van der Waals surface area contributed by atoms with E-state index in [9.17, 15) is 10.1 Å². The monoisotopic (exact) mass is 309 g/mol. The highest BCUT2D eigenvalue weighted by Gasteiger charge is 2.43. The number of β-amino-alcohol motifs (C(OH)–C–C–N with tert-alkyl or cyclic N) is 1. The van der Waals surface area contributed by atoms with E-state index in [1.165, 1.54) is 0 Å². The van der Waals surface area contributed by atoms with Crippen LogP contribution in [0.1, 0.15) is 32.6 Å². The molecule has 0 saturated carbocycles. The molecule has 0 bridgehead atoms. The highest BCUT2D eigenvalue weighted by Crippen LogP contribution is 2.31. The molecule has 0 spiro atoms. The Labute approximate surface area is 132 Å². The molecule has 0 radical (unpaired) electrons. The van der Waals surface area contributed by atoms with Crippen LogP contribution in [-0.4, -0.2) is 61.4 Å². The van der Waals surface area contributed by atoms with Crippen LogP contribution in [0.2, 0.25) is 0 Å². The van der Waals surface area contributed by atoms with Crippen LogP contribution in [-0.2, 0) is 9.53 Å².